The van der Waals surface area contributed by atoms with Gasteiger partial charge in [0.15, 0.2) is 0 Å². The van der Waals surface area contributed by atoms with Crippen LogP contribution in [0.15, 0.2) is 12.4 Å². The summed E-state index contributed by atoms with van der Waals surface area (Å²) in [5.41, 5.74) is 1.18. The Kier molecular flexibility index (Phi) is 5.17. The van der Waals surface area contributed by atoms with Crippen molar-refractivity contribution in [1.82, 2.24) is 9.78 Å². The van der Waals surface area contributed by atoms with Crippen molar-refractivity contribution in [3.63, 3.8) is 0 Å². The van der Waals surface area contributed by atoms with Crippen LogP contribution < -0.4 is 0 Å². The Morgan fingerprint density at radius 2 is 2.11 bits per heavy atom. The predicted octanol–water partition coefficient (Wildman–Crippen LogP) is 3.53. The zero-order valence-electron chi connectivity index (χ0n) is 12.3. The van der Waals surface area contributed by atoms with Crippen LogP contribution in [0.25, 0.3) is 0 Å². The summed E-state index contributed by atoms with van der Waals surface area (Å²) in [6.45, 7) is 2.26. The molecule has 3 nitrogen and oxygen atoms in total. The van der Waals surface area contributed by atoms with Crippen molar-refractivity contribution < 1.29 is 4.79 Å². The minimum absolute atomic E-state index is 0.338. The maximum Gasteiger partial charge on any atom is 0.136 e. The first kappa shape index (κ1) is 14.3. The largest absolute Gasteiger partial charge is 0.299 e. The molecule has 0 radical (unpaired) electrons. The second-order valence-electron chi connectivity index (χ2n) is 5.99. The standard InChI is InChI=1S/C16H26N2O/c1-3-4-13-5-8-15(9-6-13)16(19)10-7-14-11-17-18(2)12-14/h11-13,15H,3-10H2,1-2H3. The van der Waals surface area contributed by atoms with Crippen LogP contribution in [0.4, 0.5) is 0 Å². The molecule has 0 aliphatic heterocycles. The molecule has 0 spiro atoms. The van der Waals surface area contributed by atoms with E-state index in [0.717, 1.165) is 25.2 Å². The van der Waals surface area contributed by atoms with Gasteiger partial charge in [-0.2, -0.15) is 5.10 Å². The van der Waals surface area contributed by atoms with Gasteiger partial charge < -0.3 is 0 Å². The number of hydrogen-bond donors (Lipinski definition) is 0. The molecule has 2 rings (SSSR count). The van der Waals surface area contributed by atoms with E-state index in [1.165, 1.54) is 31.2 Å². The minimum Gasteiger partial charge on any atom is -0.299 e. The van der Waals surface area contributed by atoms with Crippen molar-refractivity contribution in [2.24, 2.45) is 18.9 Å². The number of aromatic nitrogens is 2. The fourth-order valence-electron chi connectivity index (χ4n) is 3.25. The molecular weight excluding hydrogens is 236 g/mol. The molecule has 1 aromatic rings. The maximum absolute atomic E-state index is 12.2. The van der Waals surface area contributed by atoms with Crippen molar-refractivity contribution >= 4 is 5.78 Å². The second-order valence-corrected chi connectivity index (χ2v) is 5.99. The van der Waals surface area contributed by atoms with Gasteiger partial charge in [0.25, 0.3) is 0 Å². The van der Waals surface area contributed by atoms with E-state index >= 15 is 0 Å². The Morgan fingerprint density at radius 1 is 1.37 bits per heavy atom. The molecule has 0 saturated heterocycles. The zero-order chi connectivity index (χ0) is 13.7. The summed E-state index contributed by atoms with van der Waals surface area (Å²) in [7, 11) is 1.92. The highest BCUT2D eigenvalue weighted by Gasteiger charge is 2.25. The predicted molar refractivity (Wildman–Crippen MR) is 76.9 cm³/mol. The van der Waals surface area contributed by atoms with Gasteiger partial charge in [-0.15, -0.1) is 0 Å². The van der Waals surface area contributed by atoms with Gasteiger partial charge >= 0.3 is 0 Å². The number of rotatable bonds is 6. The Labute approximate surface area is 116 Å². The van der Waals surface area contributed by atoms with Gasteiger partial charge in [-0.1, -0.05) is 19.8 Å². The molecule has 0 amide bonds. The molecule has 1 heterocycles. The molecule has 3 heteroatoms. The first-order chi connectivity index (χ1) is 9.19. The van der Waals surface area contributed by atoms with Gasteiger partial charge in [0.05, 0.1) is 6.20 Å². The topological polar surface area (TPSA) is 34.9 Å². The maximum atomic E-state index is 12.2. The first-order valence-electron chi connectivity index (χ1n) is 7.69. The summed E-state index contributed by atoms with van der Waals surface area (Å²) in [5.74, 6) is 1.69. The van der Waals surface area contributed by atoms with E-state index in [4.69, 9.17) is 0 Å². The lowest BCUT2D eigenvalue weighted by Gasteiger charge is -2.27. The third-order valence-electron chi connectivity index (χ3n) is 4.42. The Morgan fingerprint density at radius 3 is 2.68 bits per heavy atom. The van der Waals surface area contributed by atoms with E-state index in [9.17, 15) is 4.79 Å². The molecule has 1 aliphatic rings. The second kappa shape index (κ2) is 6.88. The highest BCUT2D eigenvalue weighted by atomic mass is 16.1. The fraction of sp³-hybridized carbons (Fsp3) is 0.750. The highest BCUT2D eigenvalue weighted by molar-refractivity contribution is 5.81. The Hall–Kier alpha value is -1.12. The fourth-order valence-corrected chi connectivity index (χ4v) is 3.25. The van der Waals surface area contributed by atoms with Crippen molar-refractivity contribution in [3.05, 3.63) is 18.0 Å². The number of carbonyl (C=O) groups excluding carboxylic acids is 1. The Balaban J connectivity index is 1.72. The van der Waals surface area contributed by atoms with Crippen LogP contribution in [-0.2, 0) is 18.3 Å². The number of ketones is 1. The third kappa shape index (κ3) is 4.19. The number of nitrogens with zero attached hydrogens (tertiary/aromatic N) is 2. The van der Waals surface area contributed by atoms with Crippen LogP contribution in [0.2, 0.25) is 0 Å². The number of Topliss-reactive ketones (excluding diaryl/α,β-unsaturated/α-hetero) is 1. The van der Waals surface area contributed by atoms with Crippen molar-refractivity contribution in [3.8, 4) is 0 Å². The van der Waals surface area contributed by atoms with Crippen LogP contribution >= 0.6 is 0 Å². The van der Waals surface area contributed by atoms with E-state index in [-0.39, 0.29) is 0 Å². The van der Waals surface area contributed by atoms with Crippen molar-refractivity contribution in [2.45, 2.75) is 58.3 Å². The van der Waals surface area contributed by atoms with Crippen LogP contribution in [0, 0.1) is 11.8 Å². The molecule has 19 heavy (non-hydrogen) atoms. The number of hydrogen-bond acceptors (Lipinski definition) is 2. The lowest BCUT2D eigenvalue weighted by atomic mass is 9.77. The van der Waals surface area contributed by atoms with E-state index in [1.807, 2.05) is 19.4 Å². The molecule has 0 aromatic carbocycles. The summed E-state index contributed by atoms with van der Waals surface area (Å²) in [5, 5.41) is 4.14. The number of aryl methyl sites for hydroxylation is 2. The van der Waals surface area contributed by atoms with E-state index < -0.39 is 0 Å². The summed E-state index contributed by atoms with van der Waals surface area (Å²) >= 11 is 0. The van der Waals surface area contributed by atoms with E-state index in [1.54, 1.807) is 4.68 Å². The van der Waals surface area contributed by atoms with Crippen LogP contribution in [0.1, 0.15) is 57.4 Å². The third-order valence-corrected chi connectivity index (χ3v) is 4.42. The molecular formula is C16H26N2O. The summed E-state index contributed by atoms with van der Waals surface area (Å²) in [4.78, 5) is 12.2. The lowest BCUT2D eigenvalue weighted by Crippen LogP contribution is -2.22. The highest BCUT2D eigenvalue weighted by Crippen LogP contribution is 2.32. The molecule has 0 N–H and O–H groups in total. The summed E-state index contributed by atoms with van der Waals surface area (Å²) < 4.78 is 1.80. The molecule has 1 aliphatic carbocycles. The molecule has 1 aromatic heterocycles. The van der Waals surface area contributed by atoms with E-state index in [0.29, 0.717) is 18.1 Å². The molecule has 0 atom stereocenters. The quantitative estimate of drug-likeness (QED) is 0.786. The zero-order valence-corrected chi connectivity index (χ0v) is 12.3. The van der Waals surface area contributed by atoms with E-state index in [2.05, 4.69) is 12.0 Å². The minimum atomic E-state index is 0.338. The van der Waals surface area contributed by atoms with Gasteiger partial charge in [-0.3, -0.25) is 9.48 Å². The van der Waals surface area contributed by atoms with Crippen molar-refractivity contribution in [2.75, 3.05) is 0 Å². The van der Waals surface area contributed by atoms with Gasteiger partial charge in [-0.25, -0.2) is 0 Å². The summed E-state index contributed by atoms with van der Waals surface area (Å²) in [6, 6.07) is 0. The summed E-state index contributed by atoms with van der Waals surface area (Å²) in [6.07, 6.45) is 12.8. The molecule has 0 unspecified atom stereocenters. The lowest BCUT2D eigenvalue weighted by molar-refractivity contribution is -0.124. The van der Waals surface area contributed by atoms with Gasteiger partial charge in [0.1, 0.15) is 5.78 Å². The smallest absolute Gasteiger partial charge is 0.136 e. The van der Waals surface area contributed by atoms with Gasteiger partial charge in [-0.05, 0) is 43.6 Å². The molecule has 1 saturated carbocycles. The number of carbonyl (C=O) groups is 1. The average Bonchev–Trinajstić information content (AvgIpc) is 2.83. The van der Waals surface area contributed by atoms with Gasteiger partial charge in [0.2, 0.25) is 0 Å². The van der Waals surface area contributed by atoms with Crippen LogP contribution in [0.5, 0.6) is 0 Å². The molecule has 106 valence electrons. The normalized spacial score (nSPS) is 23.5. The average molecular weight is 262 g/mol. The van der Waals surface area contributed by atoms with Crippen LogP contribution in [0.3, 0.4) is 0 Å². The monoisotopic (exact) mass is 262 g/mol. The Bertz CT molecular complexity index is 403. The molecule has 0 bridgehead atoms. The SMILES string of the molecule is CCCC1CCC(C(=O)CCc2cnn(C)c2)CC1. The van der Waals surface area contributed by atoms with Crippen LogP contribution in [-0.4, -0.2) is 15.6 Å². The van der Waals surface area contributed by atoms with Gasteiger partial charge in [0, 0.05) is 25.6 Å². The van der Waals surface area contributed by atoms with Crippen molar-refractivity contribution in [1.29, 1.82) is 0 Å². The first-order valence-corrected chi connectivity index (χ1v) is 7.69. The molecule has 1 fully saturated rings.